The van der Waals surface area contributed by atoms with E-state index in [1.807, 2.05) is 13.8 Å². The lowest BCUT2D eigenvalue weighted by Crippen LogP contribution is -2.53. The number of esters is 1. The van der Waals surface area contributed by atoms with Gasteiger partial charge in [-0.3, -0.25) is 24.0 Å². The van der Waals surface area contributed by atoms with Crippen molar-refractivity contribution >= 4 is 29.6 Å². The Labute approximate surface area is 240 Å². The highest BCUT2D eigenvalue weighted by Gasteiger charge is 2.34. The summed E-state index contributed by atoms with van der Waals surface area (Å²) in [7, 11) is 6.11. The normalized spacial score (nSPS) is 16.4. The SMILES string of the molecule is CC[C@H](C)[C@H](N)C(=O)N(C)CC(=O)N(C)CC(=O)N(C)C(CC1CCCCC1)C(=O)N(C)CC(=O)OC(C)(C)C. The first kappa shape index (κ1) is 35.3. The van der Waals surface area contributed by atoms with Gasteiger partial charge in [-0.25, -0.2) is 0 Å². The molecule has 3 atom stereocenters. The van der Waals surface area contributed by atoms with Crippen LogP contribution in [0.1, 0.15) is 79.6 Å². The van der Waals surface area contributed by atoms with Crippen molar-refractivity contribution in [1.29, 1.82) is 0 Å². The number of carbonyl (C=O) groups excluding carboxylic acids is 5. The first-order valence-corrected chi connectivity index (χ1v) is 14.4. The molecule has 0 aliphatic heterocycles. The molecule has 0 aromatic rings. The molecule has 11 nitrogen and oxygen atoms in total. The molecule has 0 spiro atoms. The van der Waals surface area contributed by atoms with Crippen LogP contribution in [-0.2, 0) is 28.7 Å². The van der Waals surface area contributed by atoms with E-state index in [4.69, 9.17) is 10.5 Å². The minimum Gasteiger partial charge on any atom is -0.459 e. The third-order valence-electron chi connectivity index (χ3n) is 7.68. The van der Waals surface area contributed by atoms with Crippen LogP contribution in [0.15, 0.2) is 0 Å². The molecule has 0 heterocycles. The number of rotatable bonds is 13. The highest BCUT2D eigenvalue weighted by atomic mass is 16.6. The largest absolute Gasteiger partial charge is 0.459 e. The van der Waals surface area contributed by atoms with Crippen molar-refractivity contribution in [1.82, 2.24) is 19.6 Å². The van der Waals surface area contributed by atoms with Crippen molar-refractivity contribution in [2.45, 2.75) is 97.2 Å². The van der Waals surface area contributed by atoms with Gasteiger partial charge in [0.2, 0.25) is 23.6 Å². The first-order valence-electron chi connectivity index (χ1n) is 14.4. The first-order chi connectivity index (χ1) is 18.5. The molecule has 1 saturated carbocycles. The molecule has 4 amide bonds. The summed E-state index contributed by atoms with van der Waals surface area (Å²) in [6.45, 7) is 8.42. The summed E-state index contributed by atoms with van der Waals surface area (Å²) >= 11 is 0. The van der Waals surface area contributed by atoms with E-state index in [9.17, 15) is 24.0 Å². The summed E-state index contributed by atoms with van der Waals surface area (Å²) in [5.74, 6) is -1.74. The molecule has 0 aromatic carbocycles. The quantitative estimate of drug-likeness (QED) is 0.336. The number of carbonyl (C=O) groups is 5. The molecule has 1 rings (SSSR count). The number of ether oxygens (including phenoxy) is 1. The van der Waals surface area contributed by atoms with Gasteiger partial charge >= 0.3 is 5.97 Å². The zero-order chi connectivity index (χ0) is 30.8. The fourth-order valence-electron chi connectivity index (χ4n) is 4.79. The van der Waals surface area contributed by atoms with Crippen LogP contribution < -0.4 is 5.73 Å². The van der Waals surface area contributed by atoms with Gasteiger partial charge in [0.15, 0.2) is 0 Å². The highest BCUT2D eigenvalue weighted by molar-refractivity contribution is 5.92. The summed E-state index contributed by atoms with van der Waals surface area (Å²) in [5.41, 5.74) is 5.35. The second-order valence-electron chi connectivity index (χ2n) is 12.4. The molecular formula is C29H53N5O6. The van der Waals surface area contributed by atoms with E-state index in [-0.39, 0.29) is 37.4 Å². The van der Waals surface area contributed by atoms with Gasteiger partial charge < -0.3 is 30.1 Å². The molecule has 1 unspecified atom stereocenters. The van der Waals surface area contributed by atoms with Crippen LogP contribution in [-0.4, -0.2) is 115 Å². The van der Waals surface area contributed by atoms with Crippen molar-refractivity contribution in [3.8, 4) is 0 Å². The fraction of sp³-hybridized carbons (Fsp3) is 0.828. The van der Waals surface area contributed by atoms with Crippen molar-refractivity contribution in [3.05, 3.63) is 0 Å². The van der Waals surface area contributed by atoms with Gasteiger partial charge in [-0.2, -0.15) is 0 Å². The van der Waals surface area contributed by atoms with Crippen LogP contribution in [0.4, 0.5) is 0 Å². The van der Waals surface area contributed by atoms with Gasteiger partial charge in [-0.15, -0.1) is 0 Å². The smallest absolute Gasteiger partial charge is 0.326 e. The summed E-state index contributed by atoms with van der Waals surface area (Å²) < 4.78 is 5.36. The standard InChI is InChI=1S/C29H53N5O6/c1-10-20(2)26(30)28(39)32(7)17-23(35)31(6)18-24(36)34(9)22(16-21-14-12-11-13-15-21)27(38)33(8)19-25(37)40-29(3,4)5/h20-22,26H,10-19,30H2,1-9H3/t20-,22?,26-/m0/s1. The van der Waals surface area contributed by atoms with Gasteiger partial charge in [-0.05, 0) is 39.0 Å². The monoisotopic (exact) mass is 567 g/mol. The lowest BCUT2D eigenvalue weighted by molar-refractivity contribution is -0.159. The van der Waals surface area contributed by atoms with Gasteiger partial charge in [-0.1, -0.05) is 52.4 Å². The number of amides is 4. The summed E-state index contributed by atoms with van der Waals surface area (Å²) in [6.07, 6.45) is 6.53. The molecule has 40 heavy (non-hydrogen) atoms. The topological polar surface area (TPSA) is 134 Å². The van der Waals surface area contributed by atoms with E-state index in [0.717, 1.165) is 38.5 Å². The van der Waals surface area contributed by atoms with Crippen LogP contribution in [0.2, 0.25) is 0 Å². The lowest BCUT2D eigenvalue weighted by Gasteiger charge is -2.35. The maximum atomic E-state index is 13.5. The second-order valence-corrected chi connectivity index (χ2v) is 12.4. The van der Waals surface area contributed by atoms with Crippen LogP contribution in [0, 0.1) is 11.8 Å². The van der Waals surface area contributed by atoms with Crippen LogP contribution in [0.3, 0.4) is 0 Å². The van der Waals surface area contributed by atoms with E-state index < -0.39 is 35.5 Å². The Morgan fingerprint density at radius 2 is 1.35 bits per heavy atom. The van der Waals surface area contributed by atoms with E-state index in [0.29, 0.717) is 12.3 Å². The Bertz CT molecular complexity index is 883. The molecular weight excluding hydrogens is 514 g/mol. The van der Waals surface area contributed by atoms with Crippen molar-refractivity contribution in [2.24, 2.45) is 17.6 Å². The van der Waals surface area contributed by atoms with E-state index in [1.165, 1.54) is 40.7 Å². The van der Waals surface area contributed by atoms with Gasteiger partial charge in [0, 0.05) is 28.2 Å². The molecule has 1 fully saturated rings. The van der Waals surface area contributed by atoms with Crippen molar-refractivity contribution < 1.29 is 28.7 Å². The lowest BCUT2D eigenvalue weighted by atomic mass is 9.84. The number of hydrogen-bond acceptors (Lipinski definition) is 7. The minimum absolute atomic E-state index is 0.0231. The zero-order valence-electron chi connectivity index (χ0n) is 26.2. The number of nitrogens with zero attached hydrogens (tertiary/aromatic N) is 4. The Morgan fingerprint density at radius 3 is 1.88 bits per heavy atom. The molecule has 0 radical (unpaired) electrons. The van der Waals surface area contributed by atoms with E-state index in [2.05, 4.69) is 0 Å². The van der Waals surface area contributed by atoms with Crippen molar-refractivity contribution in [2.75, 3.05) is 47.8 Å². The molecule has 230 valence electrons. The number of likely N-dealkylation sites (N-methyl/N-ethyl adjacent to an activating group) is 4. The zero-order valence-corrected chi connectivity index (χ0v) is 26.2. The Hall–Kier alpha value is -2.69. The van der Waals surface area contributed by atoms with Gasteiger partial charge in [0.1, 0.15) is 18.2 Å². The third-order valence-corrected chi connectivity index (χ3v) is 7.68. The van der Waals surface area contributed by atoms with E-state index in [1.54, 1.807) is 27.8 Å². The Morgan fingerprint density at radius 1 is 0.825 bits per heavy atom. The highest BCUT2D eigenvalue weighted by Crippen LogP contribution is 2.29. The maximum absolute atomic E-state index is 13.5. The third kappa shape index (κ3) is 11.4. The Balaban J connectivity index is 2.92. The predicted molar refractivity (Wildman–Crippen MR) is 154 cm³/mol. The van der Waals surface area contributed by atoms with Gasteiger partial charge in [0.05, 0.1) is 19.1 Å². The van der Waals surface area contributed by atoms with Crippen LogP contribution in [0.25, 0.3) is 0 Å². The maximum Gasteiger partial charge on any atom is 0.326 e. The van der Waals surface area contributed by atoms with Crippen LogP contribution in [0.5, 0.6) is 0 Å². The molecule has 11 heteroatoms. The molecule has 0 aromatic heterocycles. The van der Waals surface area contributed by atoms with E-state index >= 15 is 0 Å². The van der Waals surface area contributed by atoms with Crippen LogP contribution >= 0.6 is 0 Å². The average molecular weight is 568 g/mol. The fourth-order valence-corrected chi connectivity index (χ4v) is 4.79. The molecule has 0 bridgehead atoms. The molecule has 0 saturated heterocycles. The van der Waals surface area contributed by atoms with Gasteiger partial charge in [0.25, 0.3) is 0 Å². The summed E-state index contributed by atoms with van der Waals surface area (Å²) in [4.78, 5) is 69.9. The molecule has 2 N–H and O–H groups in total. The molecule has 1 aliphatic rings. The number of hydrogen-bond donors (Lipinski definition) is 1. The predicted octanol–water partition coefficient (Wildman–Crippen LogP) is 1.87. The van der Waals surface area contributed by atoms with Crippen molar-refractivity contribution in [3.63, 3.8) is 0 Å². The molecule has 1 aliphatic carbocycles. The minimum atomic E-state index is -0.774. The summed E-state index contributed by atoms with van der Waals surface area (Å²) in [6, 6.07) is -1.48. The summed E-state index contributed by atoms with van der Waals surface area (Å²) in [5, 5.41) is 0. The second kappa shape index (κ2) is 15.9. The Kier molecular flexibility index (Phi) is 14.1. The average Bonchev–Trinajstić information content (AvgIpc) is 2.88. The number of nitrogens with two attached hydrogens (primary N) is 1.